The van der Waals surface area contributed by atoms with Crippen LogP contribution in [-0.4, -0.2) is 20.3 Å². The van der Waals surface area contributed by atoms with Crippen molar-refractivity contribution in [1.29, 1.82) is 5.26 Å². The molecule has 1 aromatic rings. The Hall–Kier alpha value is -1.24. The molecular weight excluding hydrogens is 250 g/mol. The third-order valence-electron chi connectivity index (χ3n) is 3.33. The van der Waals surface area contributed by atoms with Gasteiger partial charge in [-0.15, -0.1) is 0 Å². The van der Waals surface area contributed by atoms with E-state index < -0.39 is 5.41 Å². The lowest BCUT2D eigenvalue weighted by atomic mass is 9.78. The van der Waals surface area contributed by atoms with Gasteiger partial charge in [0, 0.05) is 11.6 Å². The molecule has 0 spiro atoms. The number of rotatable bonds is 3. The number of hydrogen-bond donors (Lipinski definition) is 0. The zero-order valence-corrected chi connectivity index (χ0v) is 11.2. The summed E-state index contributed by atoms with van der Waals surface area (Å²) in [5.74, 6) is 0.777. The predicted octanol–water partition coefficient (Wildman–Crippen LogP) is 3.21. The highest BCUT2D eigenvalue weighted by atomic mass is 35.5. The van der Waals surface area contributed by atoms with E-state index in [-0.39, 0.29) is 0 Å². The van der Waals surface area contributed by atoms with E-state index in [1.807, 2.05) is 12.1 Å². The molecule has 1 unspecified atom stereocenters. The second-order valence-corrected chi connectivity index (χ2v) is 5.12. The van der Waals surface area contributed by atoms with E-state index in [0.717, 1.165) is 30.8 Å². The van der Waals surface area contributed by atoms with Gasteiger partial charge in [0.15, 0.2) is 0 Å². The Bertz CT molecular complexity index is 461. The standard InChI is InChI=1S/C14H16ClNO2/c1-17-13-4-3-12(15)7-11(13)8-14(9-16)5-2-6-18-10-14/h3-4,7H,2,5-6,8,10H2,1H3. The fourth-order valence-electron chi connectivity index (χ4n) is 2.37. The van der Waals surface area contributed by atoms with Gasteiger partial charge in [-0.25, -0.2) is 0 Å². The largest absolute Gasteiger partial charge is 0.496 e. The summed E-state index contributed by atoms with van der Waals surface area (Å²) in [7, 11) is 1.63. The molecule has 0 bridgehead atoms. The summed E-state index contributed by atoms with van der Waals surface area (Å²) in [6.45, 7) is 1.23. The monoisotopic (exact) mass is 265 g/mol. The van der Waals surface area contributed by atoms with Crippen LogP contribution in [0.4, 0.5) is 0 Å². The maximum atomic E-state index is 9.43. The van der Waals surface area contributed by atoms with Crippen molar-refractivity contribution >= 4 is 11.6 Å². The van der Waals surface area contributed by atoms with E-state index in [0.29, 0.717) is 18.1 Å². The van der Waals surface area contributed by atoms with Crippen LogP contribution in [0, 0.1) is 16.7 Å². The van der Waals surface area contributed by atoms with Crippen LogP contribution in [0.15, 0.2) is 18.2 Å². The molecule has 0 radical (unpaired) electrons. The topological polar surface area (TPSA) is 42.2 Å². The van der Waals surface area contributed by atoms with Crippen molar-refractivity contribution in [3.05, 3.63) is 28.8 Å². The summed E-state index contributed by atoms with van der Waals surface area (Å²) in [4.78, 5) is 0. The summed E-state index contributed by atoms with van der Waals surface area (Å²) >= 11 is 6.01. The molecule has 1 aliphatic heterocycles. The fraction of sp³-hybridized carbons (Fsp3) is 0.500. The number of nitrogens with zero attached hydrogens (tertiary/aromatic N) is 1. The first-order valence-corrected chi connectivity index (χ1v) is 6.38. The molecule has 1 aliphatic rings. The maximum absolute atomic E-state index is 9.43. The molecule has 1 atom stereocenters. The summed E-state index contributed by atoms with van der Waals surface area (Å²) < 4.78 is 10.8. The van der Waals surface area contributed by atoms with Gasteiger partial charge in [0.25, 0.3) is 0 Å². The van der Waals surface area contributed by atoms with Crippen molar-refractivity contribution < 1.29 is 9.47 Å². The average Bonchev–Trinajstić information content (AvgIpc) is 2.40. The molecule has 0 amide bonds. The number of nitriles is 1. The van der Waals surface area contributed by atoms with E-state index in [9.17, 15) is 5.26 Å². The lowest BCUT2D eigenvalue weighted by molar-refractivity contribution is 0.0221. The highest BCUT2D eigenvalue weighted by Gasteiger charge is 2.34. The molecular formula is C14H16ClNO2. The molecule has 0 N–H and O–H groups in total. The molecule has 2 rings (SSSR count). The molecule has 0 aromatic heterocycles. The molecule has 96 valence electrons. The first kappa shape index (κ1) is 13.2. The zero-order chi connectivity index (χ0) is 13.0. The van der Waals surface area contributed by atoms with Gasteiger partial charge in [-0.2, -0.15) is 5.26 Å². The molecule has 1 saturated heterocycles. The minimum absolute atomic E-state index is 0.448. The summed E-state index contributed by atoms with van der Waals surface area (Å²) in [6, 6.07) is 7.91. The number of hydrogen-bond acceptors (Lipinski definition) is 3. The lowest BCUT2D eigenvalue weighted by Gasteiger charge is -2.31. The van der Waals surface area contributed by atoms with E-state index >= 15 is 0 Å². The van der Waals surface area contributed by atoms with Gasteiger partial charge in [0.05, 0.1) is 25.2 Å². The molecule has 1 aromatic carbocycles. The van der Waals surface area contributed by atoms with E-state index in [1.165, 1.54) is 0 Å². The molecule has 0 saturated carbocycles. The van der Waals surface area contributed by atoms with Crippen LogP contribution in [0.2, 0.25) is 5.02 Å². The zero-order valence-electron chi connectivity index (χ0n) is 10.4. The summed E-state index contributed by atoms with van der Waals surface area (Å²) in [5.41, 5.74) is 0.521. The van der Waals surface area contributed by atoms with E-state index in [2.05, 4.69) is 6.07 Å². The number of ether oxygens (including phenoxy) is 2. The third-order valence-corrected chi connectivity index (χ3v) is 3.57. The van der Waals surface area contributed by atoms with Crippen LogP contribution in [0.1, 0.15) is 18.4 Å². The van der Waals surface area contributed by atoms with Gasteiger partial charge in [-0.05, 0) is 43.0 Å². The normalized spacial score (nSPS) is 23.4. The van der Waals surface area contributed by atoms with Gasteiger partial charge >= 0.3 is 0 Å². The second-order valence-electron chi connectivity index (χ2n) is 4.68. The number of benzene rings is 1. The van der Waals surface area contributed by atoms with Gasteiger partial charge < -0.3 is 9.47 Å². The Balaban J connectivity index is 2.26. The first-order chi connectivity index (χ1) is 8.69. The minimum Gasteiger partial charge on any atom is -0.496 e. The van der Waals surface area contributed by atoms with Crippen molar-refractivity contribution in [1.82, 2.24) is 0 Å². The SMILES string of the molecule is COc1ccc(Cl)cc1CC1(C#N)CCCOC1. The summed E-state index contributed by atoms with van der Waals surface area (Å²) in [5, 5.41) is 10.1. The summed E-state index contributed by atoms with van der Waals surface area (Å²) in [6.07, 6.45) is 2.41. The Kier molecular flexibility index (Phi) is 4.11. The van der Waals surface area contributed by atoms with Gasteiger partial charge in [0.1, 0.15) is 5.75 Å². The van der Waals surface area contributed by atoms with Crippen molar-refractivity contribution in [2.24, 2.45) is 5.41 Å². The maximum Gasteiger partial charge on any atom is 0.122 e. The smallest absolute Gasteiger partial charge is 0.122 e. The third kappa shape index (κ3) is 2.77. The van der Waals surface area contributed by atoms with E-state index in [1.54, 1.807) is 13.2 Å². The highest BCUT2D eigenvalue weighted by molar-refractivity contribution is 6.30. The minimum atomic E-state index is -0.448. The molecule has 1 heterocycles. The average molecular weight is 266 g/mol. The van der Waals surface area contributed by atoms with Crippen LogP contribution in [0.5, 0.6) is 5.75 Å². The molecule has 1 fully saturated rings. The van der Waals surface area contributed by atoms with Crippen molar-refractivity contribution in [2.45, 2.75) is 19.3 Å². The van der Waals surface area contributed by atoms with Crippen LogP contribution in [0.3, 0.4) is 0 Å². The van der Waals surface area contributed by atoms with Gasteiger partial charge in [0.2, 0.25) is 0 Å². The second kappa shape index (κ2) is 5.60. The van der Waals surface area contributed by atoms with Crippen molar-refractivity contribution in [3.63, 3.8) is 0 Å². The first-order valence-electron chi connectivity index (χ1n) is 6.00. The Labute approximate surface area is 112 Å². The Morgan fingerprint density at radius 1 is 1.56 bits per heavy atom. The van der Waals surface area contributed by atoms with E-state index in [4.69, 9.17) is 21.1 Å². The molecule has 3 nitrogen and oxygen atoms in total. The molecule has 18 heavy (non-hydrogen) atoms. The van der Waals surface area contributed by atoms with Crippen molar-refractivity contribution in [2.75, 3.05) is 20.3 Å². The van der Waals surface area contributed by atoms with Crippen LogP contribution < -0.4 is 4.74 Å². The van der Waals surface area contributed by atoms with Crippen LogP contribution in [0.25, 0.3) is 0 Å². The van der Waals surface area contributed by atoms with Gasteiger partial charge in [-0.3, -0.25) is 0 Å². The number of halogens is 1. The Morgan fingerprint density at radius 3 is 3.00 bits per heavy atom. The fourth-order valence-corrected chi connectivity index (χ4v) is 2.56. The van der Waals surface area contributed by atoms with Crippen molar-refractivity contribution in [3.8, 4) is 11.8 Å². The molecule has 4 heteroatoms. The molecule has 0 aliphatic carbocycles. The number of methoxy groups -OCH3 is 1. The Morgan fingerprint density at radius 2 is 2.39 bits per heavy atom. The highest BCUT2D eigenvalue weighted by Crippen LogP contribution is 2.35. The van der Waals surface area contributed by atoms with Crippen LogP contribution in [-0.2, 0) is 11.2 Å². The quantitative estimate of drug-likeness (QED) is 0.843. The lowest BCUT2D eigenvalue weighted by Crippen LogP contribution is -2.32. The van der Waals surface area contributed by atoms with Gasteiger partial charge in [-0.1, -0.05) is 11.6 Å². The van der Waals surface area contributed by atoms with Crippen LogP contribution >= 0.6 is 11.6 Å². The predicted molar refractivity (Wildman–Crippen MR) is 69.8 cm³/mol.